The summed E-state index contributed by atoms with van der Waals surface area (Å²) >= 11 is 0. The fraction of sp³-hybridized carbons (Fsp3) is 0.326. The summed E-state index contributed by atoms with van der Waals surface area (Å²) in [7, 11) is -3.36. The fourth-order valence-electron chi connectivity index (χ4n) is 7.07. The number of nitrogens with zero attached hydrogens (tertiary/aromatic N) is 5. The molecular weight excluding hydrogens is 699 g/mol. The van der Waals surface area contributed by atoms with E-state index in [0.29, 0.717) is 38.2 Å². The van der Waals surface area contributed by atoms with Gasteiger partial charge in [-0.1, -0.05) is 84.9 Å². The zero-order chi connectivity index (χ0) is 38.1. The first kappa shape index (κ1) is 38.5. The van der Waals surface area contributed by atoms with Crippen LogP contribution in [0.4, 0.5) is 5.69 Å². The van der Waals surface area contributed by atoms with E-state index in [1.165, 1.54) is 23.8 Å². The molecule has 1 unspecified atom stereocenters. The monoisotopic (exact) mass is 747 g/mol. The Kier molecular flexibility index (Phi) is 12.6. The van der Waals surface area contributed by atoms with E-state index in [-0.39, 0.29) is 29.2 Å². The Hall–Kier alpha value is -5.26. The van der Waals surface area contributed by atoms with E-state index in [0.717, 1.165) is 55.8 Å². The zero-order valence-corrected chi connectivity index (χ0v) is 31.9. The van der Waals surface area contributed by atoms with Crippen molar-refractivity contribution in [3.8, 4) is 0 Å². The van der Waals surface area contributed by atoms with Crippen LogP contribution in [0.15, 0.2) is 120 Å². The van der Waals surface area contributed by atoms with Crippen molar-refractivity contribution in [2.45, 2.75) is 37.4 Å². The zero-order valence-electron chi connectivity index (χ0n) is 31.1. The molecule has 10 nitrogen and oxygen atoms in total. The van der Waals surface area contributed by atoms with Gasteiger partial charge < -0.3 is 19.6 Å². The third-order valence-electron chi connectivity index (χ3n) is 10.3. The smallest absolute Gasteiger partial charge is 0.247 e. The van der Waals surface area contributed by atoms with Crippen molar-refractivity contribution < 1.29 is 22.8 Å². The Morgan fingerprint density at radius 1 is 0.685 bits per heavy atom. The third-order valence-corrected chi connectivity index (χ3v) is 11.4. The van der Waals surface area contributed by atoms with E-state index in [1.54, 1.807) is 30.0 Å². The largest absolute Gasteiger partial charge is 0.368 e. The van der Waals surface area contributed by atoms with E-state index in [1.807, 2.05) is 82.6 Å². The van der Waals surface area contributed by atoms with Crippen LogP contribution in [0.3, 0.4) is 0 Å². The number of anilines is 1. The van der Waals surface area contributed by atoms with Crippen LogP contribution >= 0.6 is 0 Å². The molecule has 6 rings (SSSR count). The summed E-state index contributed by atoms with van der Waals surface area (Å²) in [5, 5.41) is 0. The molecule has 4 aromatic carbocycles. The molecule has 0 radical (unpaired) electrons. The first-order valence-corrected chi connectivity index (χ1v) is 20.4. The van der Waals surface area contributed by atoms with Crippen molar-refractivity contribution in [2.75, 3.05) is 63.5 Å². The highest BCUT2D eigenvalue weighted by Gasteiger charge is 2.34. The summed E-state index contributed by atoms with van der Waals surface area (Å²) in [5.74, 6) is -0.315. The summed E-state index contributed by atoms with van der Waals surface area (Å²) < 4.78 is 24.0. The molecule has 11 heteroatoms. The quantitative estimate of drug-likeness (QED) is 0.193. The van der Waals surface area contributed by atoms with Crippen molar-refractivity contribution in [1.29, 1.82) is 0 Å². The number of rotatable bonds is 12. The number of amides is 3. The van der Waals surface area contributed by atoms with Crippen molar-refractivity contribution in [2.24, 2.45) is 0 Å². The van der Waals surface area contributed by atoms with Crippen molar-refractivity contribution in [3.05, 3.63) is 138 Å². The number of carbonyl (C=O) groups excluding carboxylic acids is 3. The Balaban J connectivity index is 1.25. The summed E-state index contributed by atoms with van der Waals surface area (Å²) in [5.41, 5.74) is 4.79. The Morgan fingerprint density at radius 3 is 1.83 bits per heavy atom. The molecule has 0 aliphatic carbocycles. The van der Waals surface area contributed by atoms with E-state index in [9.17, 15) is 22.8 Å². The van der Waals surface area contributed by atoms with E-state index in [4.69, 9.17) is 0 Å². The van der Waals surface area contributed by atoms with Crippen LogP contribution in [0.1, 0.15) is 29.2 Å². The maximum atomic E-state index is 14.6. The van der Waals surface area contributed by atoms with Crippen molar-refractivity contribution in [1.82, 2.24) is 19.6 Å². The number of piperazine rings is 2. The lowest BCUT2D eigenvalue weighted by Gasteiger charge is -2.39. The number of hydrogen-bond donors (Lipinski definition) is 0. The first-order chi connectivity index (χ1) is 26.0. The lowest BCUT2D eigenvalue weighted by molar-refractivity contribution is -0.145. The molecule has 2 aliphatic rings. The molecule has 54 heavy (non-hydrogen) atoms. The average Bonchev–Trinajstić information content (AvgIpc) is 3.19. The van der Waals surface area contributed by atoms with Gasteiger partial charge >= 0.3 is 0 Å². The normalized spacial score (nSPS) is 16.0. The second-order valence-electron chi connectivity index (χ2n) is 14.1. The Morgan fingerprint density at radius 2 is 1.26 bits per heavy atom. The predicted molar refractivity (Wildman–Crippen MR) is 212 cm³/mol. The summed E-state index contributed by atoms with van der Waals surface area (Å²) in [6, 6.07) is 33.8. The molecule has 282 valence electrons. The fourth-order valence-corrected chi connectivity index (χ4v) is 7.70. The van der Waals surface area contributed by atoms with Gasteiger partial charge in [0.25, 0.3) is 0 Å². The minimum absolute atomic E-state index is 0.0857. The Bertz CT molecular complexity index is 2010. The van der Waals surface area contributed by atoms with Gasteiger partial charge in [0, 0.05) is 96.8 Å². The molecule has 4 aromatic rings. The van der Waals surface area contributed by atoms with Gasteiger partial charge in [-0.05, 0) is 52.6 Å². The third kappa shape index (κ3) is 10.2. The van der Waals surface area contributed by atoms with Crippen molar-refractivity contribution >= 4 is 39.3 Å². The van der Waals surface area contributed by atoms with E-state index >= 15 is 0 Å². The highest BCUT2D eigenvalue weighted by Crippen LogP contribution is 2.22. The number of carbonyl (C=O) groups is 3. The predicted octanol–water partition coefficient (Wildman–Crippen LogP) is 4.76. The highest BCUT2D eigenvalue weighted by molar-refractivity contribution is 7.90. The van der Waals surface area contributed by atoms with Crippen molar-refractivity contribution in [3.63, 3.8) is 0 Å². The molecule has 0 saturated carbocycles. The first-order valence-electron chi connectivity index (χ1n) is 18.5. The SMILES string of the molecule is CC(=O)N1CCN(c2ccc(CN(C(=O)C=Cc3ccc(S(C)(=O)=O)cc3)C(Cc3ccccc3)C(=O)N3CCN(Cc4ccccc4)CC3)cc2)CC1. The topological polar surface area (TPSA) is 102 Å². The summed E-state index contributed by atoms with van der Waals surface area (Å²) in [6.45, 7) is 8.06. The highest BCUT2D eigenvalue weighted by atomic mass is 32.2. The standard InChI is InChI=1S/C43H49N5O5S/c1-34(49)45-27-29-46(30-28-45)39-18-13-38(14-19-39)33-48(42(50)22-17-35-15-20-40(21-16-35)54(2,52)53)41(31-36-9-5-3-6-10-36)43(51)47-25-23-44(24-26-47)32-37-11-7-4-8-12-37/h3-22,41H,23-33H2,1-2H3. The minimum atomic E-state index is -3.36. The molecule has 2 saturated heterocycles. The maximum Gasteiger partial charge on any atom is 0.247 e. The van der Waals surface area contributed by atoms with Crippen LogP contribution in [0.25, 0.3) is 6.08 Å². The Labute approximate surface area is 319 Å². The second-order valence-corrected chi connectivity index (χ2v) is 16.1. The number of hydrogen-bond acceptors (Lipinski definition) is 7. The van der Waals surface area contributed by atoms with Crippen LogP contribution in [0.5, 0.6) is 0 Å². The molecule has 0 bridgehead atoms. The average molecular weight is 748 g/mol. The molecule has 1 atom stereocenters. The van der Waals surface area contributed by atoms with Crippen LogP contribution in [-0.4, -0.2) is 110 Å². The summed E-state index contributed by atoms with van der Waals surface area (Å²) in [4.78, 5) is 51.1. The molecular formula is C43H49N5O5S. The van der Waals surface area contributed by atoms with Gasteiger partial charge in [0.1, 0.15) is 6.04 Å². The minimum Gasteiger partial charge on any atom is -0.368 e. The molecule has 0 N–H and O–H groups in total. The maximum absolute atomic E-state index is 14.6. The van der Waals surface area contributed by atoms with Gasteiger partial charge in [0.05, 0.1) is 4.90 Å². The van der Waals surface area contributed by atoms with Gasteiger partial charge in [-0.15, -0.1) is 0 Å². The summed E-state index contributed by atoms with van der Waals surface area (Å²) in [6.07, 6.45) is 4.65. The van der Waals surface area contributed by atoms with Crippen LogP contribution < -0.4 is 4.90 Å². The van der Waals surface area contributed by atoms with E-state index in [2.05, 4.69) is 21.9 Å². The van der Waals surface area contributed by atoms with Gasteiger partial charge in [-0.2, -0.15) is 0 Å². The van der Waals surface area contributed by atoms with E-state index < -0.39 is 15.9 Å². The van der Waals surface area contributed by atoms with Crippen LogP contribution in [0, 0.1) is 0 Å². The molecule has 2 aliphatic heterocycles. The van der Waals surface area contributed by atoms with Crippen LogP contribution in [-0.2, 0) is 43.7 Å². The second kappa shape index (κ2) is 17.7. The lowest BCUT2D eigenvalue weighted by atomic mass is 10.0. The van der Waals surface area contributed by atoms with Gasteiger partial charge in [0.15, 0.2) is 9.84 Å². The van der Waals surface area contributed by atoms with Gasteiger partial charge in [-0.3, -0.25) is 19.3 Å². The van der Waals surface area contributed by atoms with Crippen LogP contribution in [0.2, 0.25) is 0 Å². The molecule has 2 fully saturated rings. The molecule has 0 spiro atoms. The number of sulfone groups is 1. The molecule has 2 heterocycles. The van der Waals surface area contributed by atoms with Gasteiger partial charge in [0.2, 0.25) is 17.7 Å². The number of benzene rings is 4. The van der Waals surface area contributed by atoms with Gasteiger partial charge in [-0.25, -0.2) is 8.42 Å². The lowest BCUT2D eigenvalue weighted by Crippen LogP contribution is -2.56. The molecule has 0 aromatic heterocycles. The molecule has 3 amide bonds.